The van der Waals surface area contributed by atoms with Crippen LogP contribution in [0.15, 0.2) is 48.5 Å². The van der Waals surface area contributed by atoms with Crippen LogP contribution in [0.5, 0.6) is 11.5 Å². The summed E-state index contributed by atoms with van der Waals surface area (Å²) in [6.07, 6.45) is 0. The molecule has 19 heavy (non-hydrogen) atoms. The SMILES string of the molecule is COc1ccc(OCc2ccccc2)cc1B(O)O. The topological polar surface area (TPSA) is 58.9 Å². The minimum Gasteiger partial charge on any atom is -0.497 e. The van der Waals surface area contributed by atoms with E-state index in [0.29, 0.717) is 18.1 Å². The largest absolute Gasteiger partial charge is 0.497 e. The van der Waals surface area contributed by atoms with E-state index < -0.39 is 7.12 Å². The van der Waals surface area contributed by atoms with E-state index in [0.717, 1.165) is 5.56 Å². The zero-order valence-corrected chi connectivity index (χ0v) is 10.6. The van der Waals surface area contributed by atoms with Crippen molar-refractivity contribution in [2.24, 2.45) is 0 Å². The predicted octanol–water partition coefficient (Wildman–Crippen LogP) is 0.954. The normalized spacial score (nSPS) is 10.1. The minimum atomic E-state index is -1.59. The molecule has 0 saturated heterocycles. The molecule has 0 amide bonds. The number of hydrogen-bond donors (Lipinski definition) is 2. The van der Waals surface area contributed by atoms with Crippen LogP contribution in [-0.2, 0) is 6.61 Å². The molecule has 0 aliphatic carbocycles. The zero-order valence-electron chi connectivity index (χ0n) is 10.6. The zero-order chi connectivity index (χ0) is 13.7. The van der Waals surface area contributed by atoms with Crippen molar-refractivity contribution in [2.75, 3.05) is 7.11 Å². The highest BCUT2D eigenvalue weighted by Gasteiger charge is 2.17. The lowest BCUT2D eigenvalue weighted by molar-refractivity contribution is 0.305. The lowest BCUT2D eigenvalue weighted by Crippen LogP contribution is -2.31. The van der Waals surface area contributed by atoms with Gasteiger partial charge in [-0.05, 0) is 23.8 Å². The Hall–Kier alpha value is -1.98. The summed E-state index contributed by atoms with van der Waals surface area (Å²) in [7, 11) is -0.110. The van der Waals surface area contributed by atoms with Gasteiger partial charge in [0.1, 0.15) is 18.1 Å². The fourth-order valence-corrected chi connectivity index (χ4v) is 1.74. The van der Waals surface area contributed by atoms with E-state index in [9.17, 15) is 10.0 Å². The van der Waals surface area contributed by atoms with Crippen molar-refractivity contribution in [1.82, 2.24) is 0 Å². The first-order valence-electron chi connectivity index (χ1n) is 5.91. The lowest BCUT2D eigenvalue weighted by Gasteiger charge is -2.11. The molecule has 0 aliphatic heterocycles. The first-order valence-corrected chi connectivity index (χ1v) is 5.91. The molecule has 0 aromatic heterocycles. The summed E-state index contributed by atoms with van der Waals surface area (Å²) in [5.74, 6) is 0.981. The average Bonchev–Trinajstić information content (AvgIpc) is 2.46. The molecule has 4 nitrogen and oxygen atoms in total. The molecule has 0 spiro atoms. The summed E-state index contributed by atoms with van der Waals surface area (Å²) in [6.45, 7) is 0.425. The second-order valence-electron chi connectivity index (χ2n) is 4.05. The third kappa shape index (κ3) is 3.50. The van der Waals surface area contributed by atoms with Crippen LogP contribution in [0.1, 0.15) is 5.56 Å². The van der Waals surface area contributed by atoms with Crippen molar-refractivity contribution in [3.05, 3.63) is 54.1 Å². The molecule has 2 rings (SSSR count). The molecule has 0 saturated carbocycles. The molecule has 98 valence electrons. The van der Waals surface area contributed by atoms with E-state index in [-0.39, 0.29) is 5.46 Å². The van der Waals surface area contributed by atoms with E-state index >= 15 is 0 Å². The van der Waals surface area contributed by atoms with Gasteiger partial charge in [0.15, 0.2) is 0 Å². The molecule has 2 aromatic carbocycles. The van der Waals surface area contributed by atoms with Crippen LogP contribution >= 0.6 is 0 Å². The number of methoxy groups -OCH3 is 1. The quantitative estimate of drug-likeness (QED) is 0.784. The standard InChI is InChI=1S/C14H15BO4/c1-18-14-8-7-12(9-13(14)15(16)17)19-10-11-5-3-2-4-6-11/h2-9,16-17H,10H2,1H3. The van der Waals surface area contributed by atoms with Gasteiger partial charge in [0.05, 0.1) is 7.11 Å². The molecular formula is C14H15BO4. The molecule has 0 heterocycles. The molecule has 5 heteroatoms. The summed E-state index contributed by atoms with van der Waals surface area (Å²) in [4.78, 5) is 0. The first-order chi connectivity index (χ1) is 9.20. The summed E-state index contributed by atoms with van der Waals surface area (Å²) in [5.41, 5.74) is 1.33. The van der Waals surface area contributed by atoms with E-state index in [4.69, 9.17) is 9.47 Å². The average molecular weight is 258 g/mol. The summed E-state index contributed by atoms with van der Waals surface area (Å²) in [6, 6.07) is 14.7. The van der Waals surface area contributed by atoms with Gasteiger partial charge in [-0.25, -0.2) is 0 Å². The number of rotatable bonds is 5. The van der Waals surface area contributed by atoms with Crippen molar-refractivity contribution in [2.45, 2.75) is 6.61 Å². The highest BCUT2D eigenvalue weighted by molar-refractivity contribution is 6.59. The Morgan fingerprint density at radius 1 is 1.05 bits per heavy atom. The van der Waals surface area contributed by atoms with Gasteiger partial charge in [0, 0.05) is 5.46 Å². The lowest BCUT2D eigenvalue weighted by atomic mass is 9.79. The number of hydrogen-bond acceptors (Lipinski definition) is 4. The van der Waals surface area contributed by atoms with Crippen molar-refractivity contribution >= 4 is 12.6 Å². The highest BCUT2D eigenvalue weighted by Crippen LogP contribution is 2.17. The third-order valence-electron chi connectivity index (χ3n) is 2.73. The maximum absolute atomic E-state index is 9.27. The minimum absolute atomic E-state index is 0.285. The van der Waals surface area contributed by atoms with Crippen LogP contribution in [0.25, 0.3) is 0 Å². The predicted molar refractivity (Wildman–Crippen MR) is 73.6 cm³/mol. The van der Waals surface area contributed by atoms with Crippen molar-refractivity contribution in [3.63, 3.8) is 0 Å². The smallest absolute Gasteiger partial charge is 0.492 e. The molecule has 0 bridgehead atoms. The molecule has 2 aromatic rings. The van der Waals surface area contributed by atoms with Gasteiger partial charge in [0.25, 0.3) is 0 Å². The van der Waals surface area contributed by atoms with E-state index in [1.165, 1.54) is 7.11 Å². The molecular weight excluding hydrogens is 243 g/mol. The van der Waals surface area contributed by atoms with Crippen molar-refractivity contribution < 1.29 is 19.5 Å². The summed E-state index contributed by atoms with van der Waals surface area (Å²) >= 11 is 0. The van der Waals surface area contributed by atoms with E-state index in [1.54, 1.807) is 18.2 Å². The van der Waals surface area contributed by atoms with Gasteiger partial charge in [-0.15, -0.1) is 0 Å². The van der Waals surface area contributed by atoms with Crippen LogP contribution < -0.4 is 14.9 Å². The van der Waals surface area contributed by atoms with Crippen LogP contribution in [0.2, 0.25) is 0 Å². The van der Waals surface area contributed by atoms with Crippen molar-refractivity contribution in [3.8, 4) is 11.5 Å². The highest BCUT2D eigenvalue weighted by atomic mass is 16.5. The molecule has 0 fully saturated rings. The Labute approximate surface area is 112 Å². The maximum atomic E-state index is 9.27. The van der Waals surface area contributed by atoms with Gasteiger partial charge in [0.2, 0.25) is 0 Å². The van der Waals surface area contributed by atoms with Crippen LogP contribution in [0.4, 0.5) is 0 Å². The van der Waals surface area contributed by atoms with Gasteiger partial charge in [-0.3, -0.25) is 0 Å². The Bertz CT molecular complexity index is 528. The Kier molecular flexibility index (Phi) is 4.44. The van der Waals surface area contributed by atoms with E-state index in [1.807, 2.05) is 30.3 Å². The molecule has 2 N–H and O–H groups in total. The van der Waals surface area contributed by atoms with Crippen LogP contribution in [0, 0.1) is 0 Å². The molecule has 0 radical (unpaired) electrons. The summed E-state index contributed by atoms with van der Waals surface area (Å²) < 4.78 is 10.7. The van der Waals surface area contributed by atoms with Gasteiger partial charge in [-0.1, -0.05) is 30.3 Å². The van der Waals surface area contributed by atoms with Gasteiger partial charge >= 0.3 is 7.12 Å². The summed E-state index contributed by atoms with van der Waals surface area (Å²) in [5, 5.41) is 18.5. The van der Waals surface area contributed by atoms with Crippen LogP contribution in [-0.4, -0.2) is 24.3 Å². The van der Waals surface area contributed by atoms with E-state index in [2.05, 4.69) is 0 Å². The molecule has 0 atom stereocenters. The fourth-order valence-electron chi connectivity index (χ4n) is 1.74. The molecule has 0 aliphatic rings. The second kappa shape index (κ2) is 6.27. The fraction of sp³-hybridized carbons (Fsp3) is 0.143. The number of benzene rings is 2. The Morgan fingerprint density at radius 2 is 1.79 bits per heavy atom. The number of ether oxygens (including phenoxy) is 2. The second-order valence-corrected chi connectivity index (χ2v) is 4.05. The molecule has 0 unspecified atom stereocenters. The van der Waals surface area contributed by atoms with Crippen LogP contribution in [0.3, 0.4) is 0 Å². The Morgan fingerprint density at radius 3 is 2.42 bits per heavy atom. The maximum Gasteiger partial charge on any atom is 0.492 e. The van der Waals surface area contributed by atoms with Crippen molar-refractivity contribution in [1.29, 1.82) is 0 Å². The van der Waals surface area contributed by atoms with Gasteiger partial charge in [-0.2, -0.15) is 0 Å². The third-order valence-corrected chi connectivity index (χ3v) is 2.73. The monoisotopic (exact) mass is 258 g/mol. The van der Waals surface area contributed by atoms with Gasteiger partial charge < -0.3 is 19.5 Å². The Balaban J connectivity index is 2.11. The first kappa shape index (κ1) is 13.5.